The zero-order valence-corrected chi connectivity index (χ0v) is 8.60. The van der Waals surface area contributed by atoms with E-state index in [0.29, 0.717) is 5.92 Å². The summed E-state index contributed by atoms with van der Waals surface area (Å²) in [6.45, 7) is 4.27. The summed E-state index contributed by atoms with van der Waals surface area (Å²) in [5.41, 5.74) is 0. The van der Waals surface area contributed by atoms with Crippen LogP contribution in [0.3, 0.4) is 0 Å². The van der Waals surface area contributed by atoms with Gasteiger partial charge < -0.3 is 0 Å². The quantitative estimate of drug-likeness (QED) is 0.630. The maximum Gasteiger partial charge on any atom is 0.150 e. The first-order valence-electron chi connectivity index (χ1n) is 3.90. The molecule has 0 bridgehead atoms. The Kier molecular flexibility index (Phi) is 3.15. The fraction of sp³-hybridized carbons (Fsp3) is 0.875. The highest BCUT2D eigenvalue weighted by Gasteiger charge is 2.36. The van der Waals surface area contributed by atoms with Crippen LogP contribution in [0.2, 0.25) is 0 Å². The fourth-order valence-electron chi connectivity index (χ4n) is 1.08. The number of thioether (sulfide) groups is 2. The molecule has 1 aliphatic rings. The number of nitrogens with zero attached hydrogens (tertiary/aromatic N) is 1. The summed E-state index contributed by atoms with van der Waals surface area (Å²) >= 11 is 3.64. The van der Waals surface area contributed by atoms with E-state index >= 15 is 0 Å². The van der Waals surface area contributed by atoms with Crippen LogP contribution < -0.4 is 0 Å². The second-order valence-electron chi connectivity index (χ2n) is 2.98. The first-order valence-corrected chi connectivity index (χ1v) is 5.87. The van der Waals surface area contributed by atoms with Gasteiger partial charge in [0.1, 0.15) is 0 Å². The molecule has 1 nitrogen and oxygen atoms in total. The fourth-order valence-corrected chi connectivity index (χ4v) is 4.07. The molecule has 0 aromatic rings. The summed E-state index contributed by atoms with van der Waals surface area (Å²) in [6, 6.07) is 2.44. The van der Waals surface area contributed by atoms with Crippen molar-refractivity contribution in [2.75, 3.05) is 11.5 Å². The molecule has 0 aromatic heterocycles. The summed E-state index contributed by atoms with van der Waals surface area (Å²) < 4.78 is -0.141. The van der Waals surface area contributed by atoms with Crippen molar-refractivity contribution in [3.05, 3.63) is 0 Å². The van der Waals surface area contributed by atoms with E-state index in [1.54, 1.807) is 0 Å². The zero-order valence-electron chi connectivity index (χ0n) is 6.96. The number of rotatable bonds is 1. The van der Waals surface area contributed by atoms with Crippen molar-refractivity contribution < 1.29 is 0 Å². The lowest BCUT2D eigenvalue weighted by Crippen LogP contribution is -2.29. The Balaban J connectivity index is 2.67. The highest BCUT2D eigenvalue weighted by molar-refractivity contribution is 8.19. The van der Waals surface area contributed by atoms with Crippen LogP contribution >= 0.6 is 23.5 Å². The standard InChI is InChI=1S/C8H13NS2/c1-7(2)8(6-9)10-4-3-5-11-8/h7H,3-5H2,1-2H3. The smallest absolute Gasteiger partial charge is 0.150 e. The Bertz CT molecular complexity index is 165. The maximum atomic E-state index is 9.02. The van der Waals surface area contributed by atoms with Crippen molar-refractivity contribution in [2.24, 2.45) is 5.92 Å². The first-order chi connectivity index (χ1) is 5.21. The van der Waals surface area contributed by atoms with Crippen molar-refractivity contribution in [2.45, 2.75) is 24.3 Å². The Morgan fingerprint density at radius 3 is 2.18 bits per heavy atom. The van der Waals surface area contributed by atoms with E-state index in [4.69, 9.17) is 5.26 Å². The van der Waals surface area contributed by atoms with Gasteiger partial charge in [-0.15, -0.1) is 23.5 Å². The largest absolute Gasteiger partial charge is 0.196 e. The molecule has 0 N–H and O–H groups in total. The molecule has 1 heterocycles. The second-order valence-corrected chi connectivity index (χ2v) is 5.92. The van der Waals surface area contributed by atoms with Gasteiger partial charge in [0.15, 0.2) is 4.08 Å². The van der Waals surface area contributed by atoms with Crippen LogP contribution in [-0.4, -0.2) is 15.6 Å². The molecule has 0 spiro atoms. The Morgan fingerprint density at radius 1 is 1.36 bits per heavy atom. The molecule has 0 saturated carbocycles. The van der Waals surface area contributed by atoms with E-state index in [9.17, 15) is 0 Å². The van der Waals surface area contributed by atoms with Crippen molar-refractivity contribution in [3.63, 3.8) is 0 Å². The minimum Gasteiger partial charge on any atom is -0.196 e. The third-order valence-electron chi connectivity index (χ3n) is 1.84. The predicted octanol–water partition coefficient (Wildman–Crippen LogP) is 2.73. The molecule has 0 atom stereocenters. The van der Waals surface area contributed by atoms with Crippen molar-refractivity contribution >= 4 is 23.5 Å². The van der Waals surface area contributed by atoms with Gasteiger partial charge in [-0.25, -0.2) is 0 Å². The predicted molar refractivity (Wildman–Crippen MR) is 52.7 cm³/mol. The van der Waals surface area contributed by atoms with Crippen LogP contribution in [0.1, 0.15) is 20.3 Å². The van der Waals surface area contributed by atoms with E-state index in [-0.39, 0.29) is 4.08 Å². The van der Waals surface area contributed by atoms with Gasteiger partial charge in [-0.2, -0.15) is 5.26 Å². The molecule has 1 fully saturated rings. The van der Waals surface area contributed by atoms with E-state index in [1.165, 1.54) is 6.42 Å². The van der Waals surface area contributed by atoms with Crippen molar-refractivity contribution in [1.29, 1.82) is 5.26 Å². The zero-order chi connectivity index (χ0) is 8.32. The summed E-state index contributed by atoms with van der Waals surface area (Å²) in [4.78, 5) is 0. The third-order valence-corrected chi connectivity index (χ3v) is 5.51. The Morgan fingerprint density at radius 2 is 1.91 bits per heavy atom. The monoisotopic (exact) mass is 187 g/mol. The normalized spacial score (nSPS) is 23.1. The molecule has 0 amide bonds. The SMILES string of the molecule is CC(C)C1(C#N)SCCCS1. The van der Waals surface area contributed by atoms with E-state index in [1.807, 2.05) is 23.5 Å². The summed E-state index contributed by atoms with van der Waals surface area (Å²) in [5, 5.41) is 9.02. The molecule has 1 aliphatic heterocycles. The van der Waals surface area contributed by atoms with Crippen LogP contribution in [-0.2, 0) is 0 Å². The van der Waals surface area contributed by atoms with Gasteiger partial charge in [-0.05, 0) is 23.8 Å². The minimum absolute atomic E-state index is 0.141. The Hall–Kier alpha value is 0.190. The average molecular weight is 187 g/mol. The lowest BCUT2D eigenvalue weighted by atomic mass is 10.1. The average Bonchev–Trinajstić information content (AvgIpc) is 2.05. The van der Waals surface area contributed by atoms with Gasteiger partial charge in [-0.1, -0.05) is 13.8 Å². The van der Waals surface area contributed by atoms with E-state index < -0.39 is 0 Å². The minimum atomic E-state index is -0.141. The topological polar surface area (TPSA) is 23.8 Å². The number of hydrogen-bond acceptors (Lipinski definition) is 3. The van der Waals surface area contributed by atoms with Crippen molar-refractivity contribution in [3.8, 4) is 6.07 Å². The van der Waals surface area contributed by atoms with Gasteiger partial charge in [0.2, 0.25) is 0 Å². The number of nitriles is 1. The van der Waals surface area contributed by atoms with Crippen LogP contribution in [0.4, 0.5) is 0 Å². The van der Waals surface area contributed by atoms with E-state index in [2.05, 4.69) is 19.9 Å². The molecule has 1 saturated heterocycles. The molecule has 62 valence electrons. The molecule has 11 heavy (non-hydrogen) atoms. The molecule has 1 rings (SSSR count). The van der Waals surface area contributed by atoms with Crippen LogP contribution in [0.15, 0.2) is 0 Å². The summed E-state index contributed by atoms with van der Waals surface area (Å²) in [5.74, 6) is 2.76. The number of hydrogen-bond donors (Lipinski definition) is 0. The molecular formula is C8H13NS2. The van der Waals surface area contributed by atoms with Gasteiger partial charge in [0.05, 0.1) is 6.07 Å². The first kappa shape index (κ1) is 9.28. The highest BCUT2D eigenvalue weighted by atomic mass is 32.2. The van der Waals surface area contributed by atoms with Gasteiger partial charge in [0, 0.05) is 0 Å². The van der Waals surface area contributed by atoms with E-state index in [0.717, 1.165) is 11.5 Å². The second kappa shape index (κ2) is 3.73. The lowest BCUT2D eigenvalue weighted by Gasteiger charge is -2.32. The molecule has 0 radical (unpaired) electrons. The molecule has 0 aromatic carbocycles. The third kappa shape index (κ3) is 1.86. The molecular weight excluding hydrogens is 174 g/mol. The molecule has 0 aliphatic carbocycles. The summed E-state index contributed by atoms with van der Waals surface area (Å²) in [7, 11) is 0. The van der Waals surface area contributed by atoms with Crippen LogP contribution in [0, 0.1) is 17.2 Å². The van der Waals surface area contributed by atoms with Gasteiger partial charge in [0.25, 0.3) is 0 Å². The Labute approximate surface area is 76.9 Å². The van der Waals surface area contributed by atoms with Crippen LogP contribution in [0.25, 0.3) is 0 Å². The summed E-state index contributed by atoms with van der Waals surface area (Å²) in [6.07, 6.45) is 1.26. The van der Waals surface area contributed by atoms with Crippen molar-refractivity contribution in [1.82, 2.24) is 0 Å². The molecule has 0 unspecified atom stereocenters. The molecule has 3 heteroatoms. The highest BCUT2D eigenvalue weighted by Crippen LogP contribution is 2.46. The maximum absolute atomic E-state index is 9.02. The van der Waals surface area contributed by atoms with Gasteiger partial charge in [-0.3, -0.25) is 0 Å². The van der Waals surface area contributed by atoms with Crippen LogP contribution in [0.5, 0.6) is 0 Å². The lowest BCUT2D eigenvalue weighted by molar-refractivity contribution is 0.647. The van der Waals surface area contributed by atoms with Gasteiger partial charge >= 0.3 is 0 Å².